The van der Waals surface area contributed by atoms with Crippen molar-refractivity contribution in [3.8, 4) is 17.2 Å². The molecule has 172 valence electrons. The molecule has 1 aliphatic heterocycles. The van der Waals surface area contributed by atoms with E-state index < -0.39 is 23.5 Å². The van der Waals surface area contributed by atoms with Gasteiger partial charge in [0, 0.05) is 6.54 Å². The lowest BCUT2D eigenvalue weighted by atomic mass is 9.94. The summed E-state index contributed by atoms with van der Waals surface area (Å²) in [4.78, 5) is 28.2. The molecule has 0 fully saturated rings. The lowest BCUT2D eigenvalue weighted by molar-refractivity contribution is -0.130. The van der Waals surface area contributed by atoms with Crippen LogP contribution < -0.4 is 14.2 Å². The molecule has 9 heteroatoms. The Morgan fingerprint density at radius 1 is 1.16 bits per heavy atom. The van der Waals surface area contributed by atoms with Gasteiger partial charge in [-0.1, -0.05) is 6.07 Å². The standard InChI is InChI=1S/C23H27NO7S/c1-13(2)31-9-8-24-19(14-11-15(28-3)22(30-5)16(12-14)29-4)18(21(26)23(24)27)20(25)17-7-6-10-32-17/h6-7,10-13,19,26H,8-9H2,1-5H3. The Kier molecular flexibility index (Phi) is 7.42. The van der Waals surface area contributed by atoms with Crippen LogP contribution in [0.2, 0.25) is 0 Å². The van der Waals surface area contributed by atoms with E-state index in [2.05, 4.69) is 0 Å². The molecule has 0 bridgehead atoms. The molecule has 32 heavy (non-hydrogen) atoms. The maximum atomic E-state index is 13.3. The van der Waals surface area contributed by atoms with Crippen molar-refractivity contribution in [2.45, 2.75) is 26.0 Å². The van der Waals surface area contributed by atoms with Crippen LogP contribution in [0.5, 0.6) is 17.2 Å². The van der Waals surface area contributed by atoms with Gasteiger partial charge in [-0.05, 0) is 43.0 Å². The van der Waals surface area contributed by atoms with Gasteiger partial charge < -0.3 is 29.0 Å². The van der Waals surface area contributed by atoms with Gasteiger partial charge in [0.05, 0.1) is 50.5 Å². The third kappa shape index (κ3) is 4.44. The number of thiophene rings is 1. The SMILES string of the molecule is COc1cc(C2C(C(=O)c3cccs3)=C(O)C(=O)N2CCOC(C)C)cc(OC)c1OC. The van der Waals surface area contributed by atoms with Crippen LogP contribution in [0.15, 0.2) is 41.0 Å². The number of hydrogen-bond acceptors (Lipinski definition) is 8. The van der Waals surface area contributed by atoms with Crippen molar-refractivity contribution in [2.75, 3.05) is 34.5 Å². The summed E-state index contributed by atoms with van der Waals surface area (Å²) in [6.45, 7) is 4.22. The van der Waals surface area contributed by atoms with E-state index in [1.807, 2.05) is 13.8 Å². The quantitative estimate of drug-likeness (QED) is 0.538. The van der Waals surface area contributed by atoms with Gasteiger partial charge in [-0.25, -0.2) is 0 Å². The number of benzene rings is 1. The van der Waals surface area contributed by atoms with Gasteiger partial charge in [0.2, 0.25) is 11.5 Å². The Bertz CT molecular complexity index is 988. The predicted molar refractivity (Wildman–Crippen MR) is 120 cm³/mol. The molecular weight excluding hydrogens is 434 g/mol. The van der Waals surface area contributed by atoms with Crippen LogP contribution in [0.25, 0.3) is 0 Å². The number of hydrogen-bond donors (Lipinski definition) is 1. The number of amides is 1. The highest BCUT2D eigenvalue weighted by Gasteiger charge is 2.44. The number of Topliss-reactive ketones (excluding diaryl/α,β-unsaturated/α-hetero) is 1. The van der Waals surface area contributed by atoms with Gasteiger partial charge in [-0.3, -0.25) is 9.59 Å². The Hall–Kier alpha value is -3.04. The number of aliphatic hydroxyl groups is 1. The number of nitrogens with zero attached hydrogens (tertiary/aromatic N) is 1. The molecule has 0 saturated heterocycles. The maximum absolute atomic E-state index is 13.3. The zero-order valence-corrected chi connectivity index (χ0v) is 19.5. The van der Waals surface area contributed by atoms with Crippen LogP contribution in [0.1, 0.15) is 35.1 Å². The number of aliphatic hydroxyl groups excluding tert-OH is 1. The van der Waals surface area contributed by atoms with E-state index in [1.54, 1.807) is 29.6 Å². The summed E-state index contributed by atoms with van der Waals surface area (Å²) in [5.74, 6) is -0.458. The molecule has 0 saturated carbocycles. The van der Waals surface area contributed by atoms with Gasteiger partial charge in [0.25, 0.3) is 5.91 Å². The average molecular weight is 462 g/mol. The fraction of sp³-hybridized carbons (Fsp3) is 0.391. The first kappa shape index (κ1) is 23.6. The molecule has 1 aliphatic rings. The third-order valence-electron chi connectivity index (χ3n) is 5.08. The molecule has 8 nitrogen and oxygen atoms in total. The smallest absolute Gasteiger partial charge is 0.290 e. The Morgan fingerprint density at radius 3 is 2.31 bits per heavy atom. The zero-order chi connectivity index (χ0) is 23.4. The van der Waals surface area contributed by atoms with E-state index in [0.717, 1.165) is 0 Å². The number of ether oxygens (including phenoxy) is 4. The van der Waals surface area contributed by atoms with Gasteiger partial charge in [-0.15, -0.1) is 11.3 Å². The topological polar surface area (TPSA) is 94.5 Å². The monoisotopic (exact) mass is 461 g/mol. The van der Waals surface area contributed by atoms with Gasteiger partial charge in [0.1, 0.15) is 0 Å². The molecule has 0 radical (unpaired) electrons. The summed E-state index contributed by atoms with van der Waals surface area (Å²) >= 11 is 1.24. The first-order valence-corrected chi connectivity index (χ1v) is 11.0. The summed E-state index contributed by atoms with van der Waals surface area (Å²) < 4.78 is 21.9. The normalized spacial score (nSPS) is 16.1. The van der Waals surface area contributed by atoms with E-state index in [-0.39, 0.29) is 24.8 Å². The van der Waals surface area contributed by atoms with E-state index >= 15 is 0 Å². The first-order valence-electron chi connectivity index (χ1n) is 10.1. The lowest BCUT2D eigenvalue weighted by Crippen LogP contribution is -2.34. The van der Waals surface area contributed by atoms with E-state index in [4.69, 9.17) is 18.9 Å². The number of carbonyl (C=O) groups excluding carboxylic acids is 2. The molecule has 0 aliphatic carbocycles. The molecule has 0 spiro atoms. The minimum absolute atomic E-state index is 0.0104. The minimum Gasteiger partial charge on any atom is -0.503 e. The Balaban J connectivity index is 2.13. The molecule has 1 unspecified atom stereocenters. The fourth-order valence-corrected chi connectivity index (χ4v) is 4.33. The first-order chi connectivity index (χ1) is 15.3. The number of carbonyl (C=O) groups is 2. The number of ketones is 1. The second-order valence-corrected chi connectivity index (χ2v) is 8.30. The van der Waals surface area contributed by atoms with E-state index in [0.29, 0.717) is 27.7 Å². The van der Waals surface area contributed by atoms with Gasteiger partial charge >= 0.3 is 0 Å². The Morgan fingerprint density at radius 2 is 1.81 bits per heavy atom. The summed E-state index contributed by atoms with van der Waals surface area (Å²) in [5.41, 5.74) is 0.553. The highest BCUT2D eigenvalue weighted by Crippen LogP contribution is 2.45. The van der Waals surface area contributed by atoms with Crippen molar-refractivity contribution < 1.29 is 33.6 Å². The second-order valence-electron chi connectivity index (χ2n) is 7.35. The molecular formula is C23H27NO7S. The molecule has 1 amide bonds. The summed E-state index contributed by atoms with van der Waals surface area (Å²) in [5, 5.41) is 12.5. The number of methoxy groups -OCH3 is 3. The molecule has 1 N–H and O–H groups in total. The molecule has 2 heterocycles. The summed E-state index contributed by atoms with van der Waals surface area (Å²) in [6.07, 6.45) is -0.0268. The Labute approximate surface area is 191 Å². The van der Waals surface area contributed by atoms with Crippen molar-refractivity contribution >= 4 is 23.0 Å². The zero-order valence-electron chi connectivity index (χ0n) is 18.7. The maximum Gasteiger partial charge on any atom is 0.290 e. The van der Waals surface area contributed by atoms with Gasteiger partial charge in [0.15, 0.2) is 17.3 Å². The number of rotatable bonds is 10. The molecule has 1 aromatic heterocycles. The third-order valence-corrected chi connectivity index (χ3v) is 5.95. The summed E-state index contributed by atoms with van der Waals surface area (Å²) in [7, 11) is 4.46. The van der Waals surface area contributed by atoms with Crippen LogP contribution in [-0.2, 0) is 9.53 Å². The van der Waals surface area contributed by atoms with Crippen molar-refractivity contribution in [2.24, 2.45) is 0 Å². The van der Waals surface area contributed by atoms with Crippen LogP contribution in [0.3, 0.4) is 0 Å². The molecule has 2 aromatic rings. The van der Waals surface area contributed by atoms with Crippen LogP contribution in [0, 0.1) is 0 Å². The minimum atomic E-state index is -0.846. The molecule has 3 rings (SSSR count). The van der Waals surface area contributed by atoms with Crippen molar-refractivity contribution in [3.05, 3.63) is 51.4 Å². The summed E-state index contributed by atoms with van der Waals surface area (Å²) in [6, 6.07) is 5.91. The molecule has 1 aromatic carbocycles. The van der Waals surface area contributed by atoms with Crippen molar-refractivity contribution in [3.63, 3.8) is 0 Å². The highest BCUT2D eigenvalue weighted by molar-refractivity contribution is 7.12. The van der Waals surface area contributed by atoms with E-state index in [1.165, 1.54) is 37.6 Å². The van der Waals surface area contributed by atoms with Crippen LogP contribution in [-0.4, -0.2) is 62.3 Å². The lowest BCUT2D eigenvalue weighted by Gasteiger charge is -2.28. The second kappa shape index (κ2) is 10.1. The highest BCUT2D eigenvalue weighted by atomic mass is 32.1. The predicted octanol–water partition coefficient (Wildman–Crippen LogP) is 3.78. The van der Waals surface area contributed by atoms with E-state index in [9.17, 15) is 14.7 Å². The van der Waals surface area contributed by atoms with Crippen molar-refractivity contribution in [1.29, 1.82) is 0 Å². The molecule has 1 atom stereocenters. The average Bonchev–Trinajstić information content (AvgIpc) is 3.40. The van der Waals surface area contributed by atoms with Crippen molar-refractivity contribution in [1.82, 2.24) is 4.90 Å². The van der Waals surface area contributed by atoms with Crippen LogP contribution in [0.4, 0.5) is 0 Å². The largest absolute Gasteiger partial charge is 0.503 e. The van der Waals surface area contributed by atoms with Crippen LogP contribution >= 0.6 is 11.3 Å². The fourth-order valence-electron chi connectivity index (χ4n) is 3.65. The van der Waals surface area contributed by atoms with Gasteiger partial charge in [-0.2, -0.15) is 0 Å².